The molecule has 0 unspecified atom stereocenters. The molecule has 0 radical (unpaired) electrons. The molecule has 0 spiro atoms. The van der Waals surface area contributed by atoms with E-state index in [9.17, 15) is 4.39 Å². The number of nitrogens with one attached hydrogen (secondary N) is 1. The number of nitrogens with zero attached hydrogens (tertiary/aromatic N) is 1. The first-order valence-electron chi connectivity index (χ1n) is 7.07. The minimum Gasteiger partial charge on any atom is -0.309 e. The monoisotopic (exact) mass is 328 g/mol. The molecule has 19 heavy (non-hydrogen) atoms. The smallest absolute Gasteiger partial charge is 0.128 e. The Morgan fingerprint density at radius 3 is 2.79 bits per heavy atom. The van der Waals surface area contributed by atoms with Crippen LogP contribution in [0.2, 0.25) is 0 Å². The maximum Gasteiger partial charge on any atom is 0.128 e. The van der Waals surface area contributed by atoms with Crippen LogP contribution < -0.4 is 5.32 Å². The summed E-state index contributed by atoms with van der Waals surface area (Å²) in [5.41, 5.74) is 0.730. The van der Waals surface area contributed by atoms with Crippen LogP contribution >= 0.6 is 15.9 Å². The highest BCUT2D eigenvalue weighted by molar-refractivity contribution is 9.10. The lowest BCUT2D eigenvalue weighted by Crippen LogP contribution is -2.36. The predicted molar refractivity (Wildman–Crippen MR) is 80.8 cm³/mol. The summed E-state index contributed by atoms with van der Waals surface area (Å²) < 4.78 is 14.7. The Morgan fingerprint density at radius 2 is 2.05 bits per heavy atom. The Labute approximate surface area is 123 Å². The fourth-order valence-corrected chi connectivity index (χ4v) is 2.96. The van der Waals surface area contributed by atoms with Crippen LogP contribution in [-0.2, 0) is 0 Å². The zero-order valence-electron chi connectivity index (χ0n) is 11.5. The third-order valence-corrected chi connectivity index (χ3v) is 4.25. The predicted octanol–water partition coefficient (Wildman–Crippen LogP) is 3.72. The Kier molecular flexibility index (Phi) is 5.79. The van der Waals surface area contributed by atoms with Crippen LogP contribution in [0.4, 0.5) is 4.39 Å². The molecule has 0 aliphatic carbocycles. The van der Waals surface area contributed by atoms with Crippen LogP contribution in [-0.4, -0.2) is 31.1 Å². The van der Waals surface area contributed by atoms with E-state index in [1.807, 2.05) is 13.0 Å². The minimum atomic E-state index is -0.138. The average molecular weight is 329 g/mol. The molecule has 1 aliphatic heterocycles. The fourth-order valence-electron chi connectivity index (χ4n) is 2.58. The zero-order chi connectivity index (χ0) is 13.7. The molecule has 0 bridgehead atoms. The number of hydrogen-bond acceptors (Lipinski definition) is 2. The first-order valence-corrected chi connectivity index (χ1v) is 7.87. The Morgan fingerprint density at radius 1 is 1.32 bits per heavy atom. The van der Waals surface area contributed by atoms with E-state index < -0.39 is 0 Å². The van der Waals surface area contributed by atoms with E-state index in [0.29, 0.717) is 0 Å². The molecule has 1 N–H and O–H groups in total. The SMILES string of the molecule is C[C@@H](NCCN1CCCCC1)c1cc(Br)ccc1F. The van der Waals surface area contributed by atoms with E-state index in [1.54, 1.807) is 6.07 Å². The first-order chi connectivity index (χ1) is 9.16. The van der Waals surface area contributed by atoms with Crippen molar-refractivity contribution in [2.45, 2.75) is 32.2 Å². The molecule has 1 heterocycles. The summed E-state index contributed by atoms with van der Waals surface area (Å²) in [5.74, 6) is -0.138. The summed E-state index contributed by atoms with van der Waals surface area (Å²) in [6, 6.07) is 5.15. The molecule has 4 heteroatoms. The van der Waals surface area contributed by atoms with Crippen molar-refractivity contribution in [2.75, 3.05) is 26.2 Å². The van der Waals surface area contributed by atoms with Crippen molar-refractivity contribution < 1.29 is 4.39 Å². The van der Waals surface area contributed by atoms with Gasteiger partial charge in [0.05, 0.1) is 0 Å². The van der Waals surface area contributed by atoms with Crippen molar-refractivity contribution in [1.29, 1.82) is 0 Å². The second-order valence-electron chi connectivity index (χ2n) is 5.24. The molecule has 1 aromatic rings. The lowest BCUT2D eigenvalue weighted by atomic mass is 10.1. The summed E-state index contributed by atoms with van der Waals surface area (Å²) >= 11 is 3.39. The van der Waals surface area contributed by atoms with Gasteiger partial charge in [0.15, 0.2) is 0 Å². The van der Waals surface area contributed by atoms with Gasteiger partial charge in [-0.3, -0.25) is 0 Å². The zero-order valence-corrected chi connectivity index (χ0v) is 13.0. The van der Waals surface area contributed by atoms with E-state index in [0.717, 1.165) is 23.1 Å². The number of halogens is 2. The van der Waals surface area contributed by atoms with Gasteiger partial charge in [-0.2, -0.15) is 0 Å². The number of rotatable bonds is 5. The molecular formula is C15H22BrFN2. The van der Waals surface area contributed by atoms with Gasteiger partial charge in [-0.15, -0.1) is 0 Å². The molecule has 1 fully saturated rings. The summed E-state index contributed by atoms with van der Waals surface area (Å²) in [5, 5.41) is 3.41. The highest BCUT2D eigenvalue weighted by Crippen LogP contribution is 2.21. The van der Waals surface area contributed by atoms with Gasteiger partial charge < -0.3 is 10.2 Å². The van der Waals surface area contributed by atoms with Gasteiger partial charge in [-0.1, -0.05) is 22.4 Å². The van der Waals surface area contributed by atoms with Crippen molar-refractivity contribution in [1.82, 2.24) is 10.2 Å². The van der Waals surface area contributed by atoms with Crippen LogP contribution in [0.1, 0.15) is 37.8 Å². The van der Waals surface area contributed by atoms with Gasteiger partial charge in [-0.05, 0) is 51.1 Å². The van der Waals surface area contributed by atoms with Gasteiger partial charge in [0.25, 0.3) is 0 Å². The molecule has 1 aliphatic rings. The van der Waals surface area contributed by atoms with Crippen LogP contribution in [0, 0.1) is 5.82 Å². The molecule has 0 aromatic heterocycles. The van der Waals surface area contributed by atoms with Crippen LogP contribution in [0.5, 0.6) is 0 Å². The van der Waals surface area contributed by atoms with E-state index in [2.05, 4.69) is 26.1 Å². The van der Waals surface area contributed by atoms with Gasteiger partial charge in [0, 0.05) is 29.2 Å². The number of hydrogen-bond donors (Lipinski definition) is 1. The molecule has 0 saturated carbocycles. The Hall–Kier alpha value is -0.450. The van der Waals surface area contributed by atoms with Crippen molar-refractivity contribution in [3.8, 4) is 0 Å². The molecule has 2 rings (SSSR count). The number of likely N-dealkylation sites (tertiary alicyclic amines) is 1. The molecule has 1 atom stereocenters. The van der Waals surface area contributed by atoms with Crippen molar-refractivity contribution in [2.24, 2.45) is 0 Å². The van der Waals surface area contributed by atoms with E-state index in [-0.39, 0.29) is 11.9 Å². The van der Waals surface area contributed by atoms with Crippen LogP contribution in [0.3, 0.4) is 0 Å². The van der Waals surface area contributed by atoms with E-state index in [4.69, 9.17) is 0 Å². The Bertz CT molecular complexity index is 405. The summed E-state index contributed by atoms with van der Waals surface area (Å²) in [6.45, 7) is 6.40. The summed E-state index contributed by atoms with van der Waals surface area (Å²) in [7, 11) is 0. The topological polar surface area (TPSA) is 15.3 Å². The number of benzene rings is 1. The third-order valence-electron chi connectivity index (χ3n) is 3.75. The molecule has 2 nitrogen and oxygen atoms in total. The lowest BCUT2D eigenvalue weighted by Gasteiger charge is -2.27. The highest BCUT2D eigenvalue weighted by Gasteiger charge is 2.13. The quantitative estimate of drug-likeness (QED) is 0.886. The largest absolute Gasteiger partial charge is 0.309 e. The maximum atomic E-state index is 13.7. The van der Waals surface area contributed by atoms with Gasteiger partial charge >= 0.3 is 0 Å². The maximum absolute atomic E-state index is 13.7. The van der Waals surface area contributed by atoms with E-state index in [1.165, 1.54) is 38.4 Å². The minimum absolute atomic E-state index is 0.0438. The highest BCUT2D eigenvalue weighted by atomic mass is 79.9. The molecular weight excluding hydrogens is 307 g/mol. The summed E-state index contributed by atoms with van der Waals surface area (Å²) in [4.78, 5) is 2.49. The third kappa shape index (κ3) is 4.55. The van der Waals surface area contributed by atoms with Crippen molar-refractivity contribution in [3.05, 3.63) is 34.1 Å². The van der Waals surface area contributed by atoms with Crippen LogP contribution in [0.15, 0.2) is 22.7 Å². The Balaban J connectivity index is 1.80. The van der Waals surface area contributed by atoms with Crippen molar-refractivity contribution >= 4 is 15.9 Å². The second-order valence-corrected chi connectivity index (χ2v) is 6.16. The molecule has 106 valence electrons. The van der Waals surface area contributed by atoms with Gasteiger partial charge in [-0.25, -0.2) is 4.39 Å². The fraction of sp³-hybridized carbons (Fsp3) is 0.600. The van der Waals surface area contributed by atoms with E-state index >= 15 is 0 Å². The van der Waals surface area contributed by atoms with Gasteiger partial charge in [0.1, 0.15) is 5.82 Å². The lowest BCUT2D eigenvalue weighted by molar-refractivity contribution is 0.226. The van der Waals surface area contributed by atoms with Crippen molar-refractivity contribution in [3.63, 3.8) is 0 Å². The van der Waals surface area contributed by atoms with Gasteiger partial charge in [0.2, 0.25) is 0 Å². The normalized spacial score (nSPS) is 18.5. The summed E-state index contributed by atoms with van der Waals surface area (Å²) in [6.07, 6.45) is 4.00. The van der Waals surface area contributed by atoms with Crippen LogP contribution in [0.25, 0.3) is 0 Å². The molecule has 1 aromatic carbocycles. The first kappa shape index (κ1) is 14.9. The number of piperidine rings is 1. The second kappa shape index (κ2) is 7.36. The standard InChI is InChI=1S/C15H22BrFN2/c1-12(14-11-13(16)5-6-15(14)17)18-7-10-19-8-3-2-4-9-19/h5-6,11-12,18H,2-4,7-10H2,1H3/t12-/m1/s1. The molecule has 0 amide bonds. The molecule has 1 saturated heterocycles. The average Bonchev–Trinajstić information content (AvgIpc) is 2.42.